The molecule has 60 heavy (non-hydrogen) atoms. The van der Waals surface area contributed by atoms with Crippen LogP contribution in [0.3, 0.4) is 0 Å². The van der Waals surface area contributed by atoms with Crippen molar-refractivity contribution in [1.82, 2.24) is 0 Å². The zero-order valence-electron chi connectivity index (χ0n) is 33.2. The molecule has 0 amide bonds. The van der Waals surface area contributed by atoms with Gasteiger partial charge in [-0.1, -0.05) is 76.6 Å². The SMILES string of the molecule is C1=N[C@@H](CCOc2ccc(Oc3ccccc3)cc2)CO1.NC1=N[C@@H](CCOc2cccc(Br)c2)CO1.NC1=N[C@@H](CCOc2cccc(OCc3ccccc3)c2)CO1. The fraction of sp³-hybridized carbons (Fsp3) is 0.283. The standard InChI is InChI=1S/C18H20N2O3.C17H17NO3.C11H13BrN2O2/c19-18-20-15(13-23-18)9-10-21-16-7-4-8-17(11-16)22-12-14-5-2-1-3-6-14;1-2-4-16(5-3-1)21-17-8-6-15(7-9-17)20-11-10-14-12-19-13-18-14;12-8-2-1-3-10(6-8)15-5-4-9-7-16-11(13)14-9/h1-8,11,15H,9-10,12-13H2,(H2,19,20);1-9,13-14H,10-12H2;1-3,6,9H,4-5,7H2,(H2,13,14)/t15-;14-;9-/m000/s1. The molecule has 4 N–H and O–H groups in total. The van der Waals surface area contributed by atoms with Gasteiger partial charge in [-0.05, 0) is 72.3 Å². The molecule has 0 unspecified atom stereocenters. The molecular formula is C46H50BrN5O8. The van der Waals surface area contributed by atoms with Crippen molar-refractivity contribution in [2.45, 2.75) is 44.0 Å². The highest BCUT2D eigenvalue weighted by atomic mass is 79.9. The number of benzene rings is 5. The number of aliphatic imine (C=N–C) groups is 3. The Morgan fingerprint density at radius 3 is 1.58 bits per heavy atom. The zero-order valence-corrected chi connectivity index (χ0v) is 34.8. The molecule has 0 aromatic heterocycles. The van der Waals surface area contributed by atoms with Crippen LogP contribution in [0.4, 0.5) is 0 Å². The van der Waals surface area contributed by atoms with Gasteiger partial charge in [0.05, 0.1) is 37.9 Å². The van der Waals surface area contributed by atoms with E-state index in [0.29, 0.717) is 46.2 Å². The Kier molecular flexibility index (Phi) is 17.2. The molecular weight excluding hydrogens is 830 g/mol. The maximum atomic E-state index is 5.79. The molecule has 0 bridgehead atoms. The Labute approximate surface area is 359 Å². The molecule has 14 heteroatoms. The van der Waals surface area contributed by atoms with Crippen molar-refractivity contribution in [3.8, 4) is 34.5 Å². The molecule has 5 aromatic rings. The van der Waals surface area contributed by atoms with E-state index in [4.69, 9.17) is 49.4 Å². The molecule has 0 saturated carbocycles. The van der Waals surface area contributed by atoms with Crippen LogP contribution in [0.1, 0.15) is 24.8 Å². The van der Waals surface area contributed by atoms with E-state index in [2.05, 4.69) is 30.9 Å². The van der Waals surface area contributed by atoms with Gasteiger partial charge in [-0.15, -0.1) is 0 Å². The average Bonchev–Trinajstić information content (AvgIpc) is 4.05. The molecule has 3 aliphatic heterocycles. The third-order valence-electron chi connectivity index (χ3n) is 8.91. The predicted octanol–water partition coefficient (Wildman–Crippen LogP) is 8.35. The van der Waals surface area contributed by atoms with Gasteiger partial charge in [0.25, 0.3) is 12.0 Å². The second kappa shape index (κ2) is 23.9. The molecule has 3 heterocycles. The summed E-state index contributed by atoms with van der Waals surface area (Å²) in [6, 6.07) is 43.8. The molecule has 3 aliphatic rings. The molecule has 3 atom stereocenters. The van der Waals surface area contributed by atoms with E-state index in [1.807, 2.05) is 133 Å². The summed E-state index contributed by atoms with van der Waals surface area (Å²) >= 11 is 3.39. The normalized spacial score (nSPS) is 17.2. The average molecular weight is 881 g/mol. The van der Waals surface area contributed by atoms with Gasteiger partial charge < -0.3 is 49.4 Å². The number of halogens is 1. The van der Waals surface area contributed by atoms with Crippen LogP contribution in [0.2, 0.25) is 0 Å². The van der Waals surface area contributed by atoms with Crippen molar-refractivity contribution in [2.24, 2.45) is 26.4 Å². The van der Waals surface area contributed by atoms with Crippen LogP contribution >= 0.6 is 15.9 Å². The van der Waals surface area contributed by atoms with Gasteiger partial charge in [-0.3, -0.25) is 4.99 Å². The lowest BCUT2D eigenvalue weighted by atomic mass is 10.2. The number of ether oxygens (including phenoxy) is 8. The largest absolute Gasteiger partial charge is 0.494 e. The van der Waals surface area contributed by atoms with Gasteiger partial charge in [0.1, 0.15) is 60.9 Å². The summed E-state index contributed by atoms with van der Waals surface area (Å²) in [5, 5.41) is 0. The maximum Gasteiger partial charge on any atom is 0.282 e. The van der Waals surface area contributed by atoms with E-state index >= 15 is 0 Å². The summed E-state index contributed by atoms with van der Waals surface area (Å²) in [7, 11) is 0. The monoisotopic (exact) mass is 879 g/mol. The number of nitrogens with zero attached hydrogens (tertiary/aromatic N) is 3. The van der Waals surface area contributed by atoms with Crippen LogP contribution in [0.5, 0.6) is 34.5 Å². The Morgan fingerprint density at radius 2 is 1.02 bits per heavy atom. The summed E-state index contributed by atoms with van der Waals surface area (Å²) in [5.74, 6) is 4.88. The predicted molar refractivity (Wildman–Crippen MR) is 236 cm³/mol. The summed E-state index contributed by atoms with van der Waals surface area (Å²) < 4.78 is 44.8. The minimum absolute atomic E-state index is 0.0903. The topological polar surface area (TPSA) is 163 Å². The number of hydrogen-bond acceptors (Lipinski definition) is 13. The Bertz CT molecular complexity index is 2110. The smallest absolute Gasteiger partial charge is 0.282 e. The maximum absolute atomic E-state index is 5.79. The first-order valence-electron chi connectivity index (χ1n) is 19.7. The van der Waals surface area contributed by atoms with E-state index in [1.165, 1.54) is 6.40 Å². The van der Waals surface area contributed by atoms with E-state index in [1.54, 1.807) is 0 Å². The van der Waals surface area contributed by atoms with Gasteiger partial charge >= 0.3 is 0 Å². The van der Waals surface area contributed by atoms with Crippen LogP contribution in [0.25, 0.3) is 0 Å². The molecule has 13 nitrogen and oxygen atoms in total. The Hall–Kier alpha value is -6.41. The minimum atomic E-state index is 0.0903. The van der Waals surface area contributed by atoms with Crippen molar-refractivity contribution in [3.63, 3.8) is 0 Å². The molecule has 5 aromatic carbocycles. The van der Waals surface area contributed by atoms with E-state index in [-0.39, 0.29) is 30.2 Å². The van der Waals surface area contributed by atoms with Crippen molar-refractivity contribution < 1.29 is 37.9 Å². The Morgan fingerprint density at radius 1 is 0.517 bits per heavy atom. The second-order valence-electron chi connectivity index (χ2n) is 13.6. The molecule has 0 aliphatic carbocycles. The fourth-order valence-electron chi connectivity index (χ4n) is 5.77. The number of rotatable bonds is 17. The first kappa shape index (κ1) is 43.2. The fourth-order valence-corrected chi connectivity index (χ4v) is 6.15. The van der Waals surface area contributed by atoms with Gasteiger partial charge in [-0.25, -0.2) is 9.98 Å². The summed E-state index contributed by atoms with van der Waals surface area (Å²) in [6.07, 6.45) is 3.96. The van der Waals surface area contributed by atoms with E-state index < -0.39 is 0 Å². The number of hydrogen-bond donors (Lipinski definition) is 2. The second-order valence-corrected chi connectivity index (χ2v) is 14.5. The van der Waals surface area contributed by atoms with Crippen LogP contribution in [-0.4, -0.2) is 76.2 Å². The van der Waals surface area contributed by atoms with Gasteiger partial charge in [0, 0.05) is 29.8 Å². The highest BCUT2D eigenvalue weighted by Gasteiger charge is 2.17. The van der Waals surface area contributed by atoms with Crippen LogP contribution in [-0.2, 0) is 20.8 Å². The molecule has 314 valence electrons. The highest BCUT2D eigenvalue weighted by Crippen LogP contribution is 2.24. The van der Waals surface area contributed by atoms with Crippen LogP contribution in [0, 0.1) is 0 Å². The Balaban J connectivity index is 0.000000153. The van der Waals surface area contributed by atoms with Crippen molar-refractivity contribution in [3.05, 3.63) is 143 Å². The van der Waals surface area contributed by atoms with E-state index in [9.17, 15) is 0 Å². The number of amidine groups is 2. The third-order valence-corrected chi connectivity index (χ3v) is 9.41. The quantitative estimate of drug-likeness (QED) is 0.0928. The first-order valence-corrected chi connectivity index (χ1v) is 20.5. The highest BCUT2D eigenvalue weighted by molar-refractivity contribution is 9.10. The minimum Gasteiger partial charge on any atom is -0.494 e. The molecule has 0 spiro atoms. The lowest BCUT2D eigenvalue weighted by molar-refractivity contribution is 0.261. The summed E-state index contributed by atoms with van der Waals surface area (Å²) in [6.45, 7) is 4.10. The summed E-state index contributed by atoms with van der Waals surface area (Å²) in [5.41, 5.74) is 12.0. The van der Waals surface area contributed by atoms with Crippen LogP contribution < -0.4 is 35.2 Å². The number of nitrogens with two attached hydrogens (primary N) is 2. The van der Waals surface area contributed by atoms with Gasteiger partial charge in [-0.2, -0.15) is 0 Å². The van der Waals surface area contributed by atoms with Gasteiger partial charge in [0.2, 0.25) is 0 Å². The van der Waals surface area contributed by atoms with Crippen molar-refractivity contribution >= 4 is 34.4 Å². The molecule has 8 rings (SSSR count). The third kappa shape index (κ3) is 15.7. The van der Waals surface area contributed by atoms with Crippen molar-refractivity contribution in [1.29, 1.82) is 0 Å². The molecule has 0 saturated heterocycles. The molecule has 0 radical (unpaired) electrons. The van der Waals surface area contributed by atoms with Crippen LogP contribution in [0.15, 0.2) is 153 Å². The first-order chi connectivity index (χ1) is 29.4. The van der Waals surface area contributed by atoms with E-state index in [0.717, 1.165) is 63.8 Å². The summed E-state index contributed by atoms with van der Waals surface area (Å²) in [4.78, 5) is 12.5. The van der Waals surface area contributed by atoms with Crippen molar-refractivity contribution in [2.75, 3.05) is 39.6 Å². The number of para-hydroxylation sites is 1. The van der Waals surface area contributed by atoms with Gasteiger partial charge in [0.15, 0.2) is 6.40 Å². The lowest BCUT2D eigenvalue weighted by Crippen LogP contribution is -2.12. The zero-order chi connectivity index (χ0) is 41.6. The lowest BCUT2D eigenvalue weighted by Gasteiger charge is -2.10. The molecule has 0 fully saturated rings.